The van der Waals surface area contributed by atoms with Crippen molar-refractivity contribution in [3.8, 4) is 11.3 Å². The first kappa shape index (κ1) is 16.3. The highest BCUT2D eigenvalue weighted by Gasteiger charge is 2.35. The van der Waals surface area contributed by atoms with Crippen LogP contribution in [0.15, 0.2) is 35.5 Å². The Hall–Kier alpha value is -2.19. The lowest BCUT2D eigenvalue weighted by Crippen LogP contribution is -2.33. The van der Waals surface area contributed by atoms with Crippen molar-refractivity contribution >= 4 is 15.7 Å². The Kier molecular flexibility index (Phi) is 4.09. The second-order valence-electron chi connectivity index (χ2n) is 6.27. The van der Waals surface area contributed by atoms with Gasteiger partial charge in [-0.2, -0.15) is 0 Å². The van der Waals surface area contributed by atoms with Crippen molar-refractivity contribution in [1.82, 2.24) is 14.9 Å². The van der Waals surface area contributed by atoms with E-state index in [1.165, 1.54) is 4.57 Å². The molecule has 1 aromatic carbocycles. The molecule has 2 aromatic rings. The third-order valence-electron chi connectivity index (χ3n) is 4.57. The first-order chi connectivity index (χ1) is 12.1. The van der Waals surface area contributed by atoms with E-state index in [0.717, 1.165) is 25.0 Å². The Labute approximate surface area is 145 Å². The van der Waals surface area contributed by atoms with Gasteiger partial charge in [-0.25, -0.2) is 13.4 Å². The van der Waals surface area contributed by atoms with Crippen molar-refractivity contribution in [3.63, 3.8) is 0 Å². The topological polar surface area (TPSA) is 90.3 Å². The van der Waals surface area contributed by atoms with E-state index >= 15 is 0 Å². The fourth-order valence-corrected chi connectivity index (χ4v) is 4.66. The third-order valence-corrected chi connectivity index (χ3v) is 6.16. The number of fused-ring (bicyclic) bond motifs is 1. The van der Waals surface area contributed by atoms with Gasteiger partial charge >= 0.3 is 0 Å². The van der Waals surface area contributed by atoms with Crippen molar-refractivity contribution < 1.29 is 17.9 Å². The van der Waals surface area contributed by atoms with Crippen LogP contribution in [0.4, 0.5) is 0 Å². The second kappa shape index (κ2) is 6.27. The van der Waals surface area contributed by atoms with Crippen molar-refractivity contribution in [2.75, 3.05) is 18.9 Å². The van der Waals surface area contributed by atoms with E-state index in [1.807, 2.05) is 30.3 Å². The summed E-state index contributed by atoms with van der Waals surface area (Å²) in [4.78, 5) is 17.1. The van der Waals surface area contributed by atoms with Crippen LogP contribution >= 0.6 is 0 Å². The molecule has 0 saturated carbocycles. The van der Waals surface area contributed by atoms with Gasteiger partial charge in [-0.1, -0.05) is 30.3 Å². The Bertz CT molecular complexity index is 899. The molecule has 25 heavy (non-hydrogen) atoms. The molecule has 0 bridgehead atoms. The summed E-state index contributed by atoms with van der Waals surface area (Å²) < 4.78 is 31.5. The smallest absolute Gasteiger partial charge is 0.270 e. The Balaban J connectivity index is 1.71. The number of carbonyl (C=O) groups excluding carboxylic acids is 1. The number of ether oxygens (including phenoxy) is 1. The van der Waals surface area contributed by atoms with Crippen LogP contribution in [0.3, 0.4) is 0 Å². The molecule has 0 radical (unpaired) electrons. The van der Waals surface area contributed by atoms with Crippen LogP contribution in [0.25, 0.3) is 11.3 Å². The molecule has 0 spiro atoms. The molecule has 1 atom stereocenters. The zero-order valence-corrected chi connectivity index (χ0v) is 14.5. The summed E-state index contributed by atoms with van der Waals surface area (Å²) in [5.41, 5.74) is 1.44. The van der Waals surface area contributed by atoms with Gasteiger partial charge in [0.1, 0.15) is 11.4 Å². The van der Waals surface area contributed by atoms with E-state index in [-0.39, 0.29) is 29.5 Å². The Morgan fingerprint density at radius 2 is 2.12 bits per heavy atom. The number of nitrogens with zero attached hydrogens (tertiary/aromatic N) is 2. The highest BCUT2D eigenvalue weighted by Crippen LogP contribution is 2.30. The molecule has 7 nitrogen and oxygen atoms in total. The van der Waals surface area contributed by atoms with E-state index in [4.69, 9.17) is 4.74 Å². The molecule has 1 saturated heterocycles. The van der Waals surface area contributed by atoms with Crippen molar-refractivity contribution in [3.05, 3.63) is 36.0 Å². The maximum Gasteiger partial charge on any atom is 0.270 e. The average Bonchev–Trinajstić information content (AvgIpc) is 3.31. The molecule has 2 aliphatic heterocycles. The van der Waals surface area contributed by atoms with Crippen LogP contribution in [0.5, 0.6) is 0 Å². The molecule has 1 unspecified atom stereocenters. The molecule has 0 aliphatic carbocycles. The predicted molar refractivity (Wildman–Crippen MR) is 91.0 cm³/mol. The summed E-state index contributed by atoms with van der Waals surface area (Å²) in [7, 11) is -3.43. The molecule has 1 N–H and O–H groups in total. The summed E-state index contributed by atoms with van der Waals surface area (Å²) >= 11 is 0. The highest BCUT2D eigenvalue weighted by molar-refractivity contribution is 7.91. The zero-order chi connectivity index (χ0) is 17.4. The minimum Gasteiger partial charge on any atom is -0.376 e. The van der Waals surface area contributed by atoms with Gasteiger partial charge in [0.05, 0.1) is 11.9 Å². The van der Waals surface area contributed by atoms with E-state index < -0.39 is 9.84 Å². The van der Waals surface area contributed by atoms with Crippen molar-refractivity contribution in [2.45, 2.75) is 30.6 Å². The van der Waals surface area contributed by atoms with Gasteiger partial charge in [0.2, 0.25) is 15.0 Å². The van der Waals surface area contributed by atoms with E-state index in [0.29, 0.717) is 17.9 Å². The van der Waals surface area contributed by atoms with Gasteiger partial charge < -0.3 is 14.6 Å². The summed E-state index contributed by atoms with van der Waals surface area (Å²) in [6.45, 7) is 1.39. The number of sulfone groups is 1. The molecule has 1 aromatic heterocycles. The molecule has 1 fully saturated rings. The minimum absolute atomic E-state index is 0.0174. The average molecular weight is 361 g/mol. The Morgan fingerprint density at radius 3 is 2.84 bits per heavy atom. The maximum absolute atomic E-state index is 12.8. The van der Waals surface area contributed by atoms with Crippen molar-refractivity contribution in [2.24, 2.45) is 0 Å². The number of benzene rings is 1. The predicted octanol–water partition coefficient (Wildman–Crippen LogP) is 1.25. The lowest BCUT2D eigenvalue weighted by atomic mass is 10.1. The minimum atomic E-state index is -3.43. The zero-order valence-electron chi connectivity index (χ0n) is 13.6. The molecule has 4 rings (SSSR count). The Morgan fingerprint density at radius 1 is 1.32 bits per heavy atom. The second-order valence-corrected chi connectivity index (χ2v) is 8.28. The van der Waals surface area contributed by atoms with Gasteiger partial charge in [-0.05, 0) is 12.8 Å². The number of aromatic nitrogens is 2. The van der Waals surface area contributed by atoms with Crippen LogP contribution in [0, 0.1) is 0 Å². The number of hydrogen-bond donors (Lipinski definition) is 1. The van der Waals surface area contributed by atoms with Gasteiger partial charge in [0.25, 0.3) is 5.91 Å². The fraction of sp³-hybridized carbons (Fsp3) is 0.412. The van der Waals surface area contributed by atoms with Crippen LogP contribution in [0.2, 0.25) is 0 Å². The molecule has 2 aliphatic rings. The summed E-state index contributed by atoms with van der Waals surface area (Å²) in [5.74, 6) is -0.332. The number of carbonyl (C=O) groups is 1. The standard InChI is InChI=1S/C17H19N3O4S/c21-16(18-11-13-7-4-9-24-13)15-14(12-5-2-1-3-6-12)19-17-20(15)8-10-25(17,22)23/h1-3,5-6,13H,4,7-11H2,(H,18,21). The SMILES string of the molecule is O=C(NCC1CCCO1)c1c(-c2ccccc2)nc2n1CCS2(=O)=O. The first-order valence-corrected chi connectivity index (χ1v) is 10.00. The van der Waals surface area contributed by atoms with Crippen LogP contribution < -0.4 is 5.32 Å². The van der Waals surface area contributed by atoms with Gasteiger partial charge in [0, 0.05) is 25.3 Å². The number of nitrogens with one attached hydrogen (secondary N) is 1. The molecule has 132 valence electrons. The fourth-order valence-electron chi connectivity index (χ4n) is 3.30. The summed E-state index contributed by atoms with van der Waals surface area (Å²) in [6.07, 6.45) is 1.94. The molecule has 3 heterocycles. The maximum atomic E-state index is 12.8. The summed E-state index contributed by atoms with van der Waals surface area (Å²) in [5, 5.41) is 2.85. The first-order valence-electron chi connectivity index (χ1n) is 8.35. The van der Waals surface area contributed by atoms with Gasteiger partial charge in [-0.3, -0.25) is 4.79 Å². The quantitative estimate of drug-likeness (QED) is 0.885. The lowest BCUT2D eigenvalue weighted by Gasteiger charge is -2.12. The molecular weight excluding hydrogens is 342 g/mol. The third kappa shape index (κ3) is 2.96. The van der Waals surface area contributed by atoms with E-state index in [9.17, 15) is 13.2 Å². The normalized spacial score (nSPS) is 21.2. The van der Waals surface area contributed by atoms with Crippen LogP contribution in [0.1, 0.15) is 23.3 Å². The highest BCUT2D eigenvalue weighted by atomic mass is 32.2. The van der Waals surface area contributed by atoms with E-state index in [1.54, 1.807) is 0 Å². The van der Waals surface area contributed by atoms with E-state index in [2.05, 4.69) is 10.3 Å². The number of amides is 1. The number of hydrogen-bond acceptors (Lipinski definition) is 5. The van der Waals surface area contributed by atoms with Crippen molar-refractivity contribution in [1.29, 1.82) is 0 Å². The number of imidazole rings is 1. The van der Waals surface area contributed by atoms with Crippen LogP contribution in [-0.4, -0.2) is 48.9 Å². The van der Waals surface area contributed by atoms with Gasteiger partial charge in [0.15, 0.2) is 0 Å². The monoisotopic (exact) mass is 361 g/mol. The molecule has 8 heteroatoms. The lowest BCUT2D eigenvalue weighted by molar-refractivity contribution is 0.0850. The number of rotatable bonds is 4. The summed E-state index contributed by atoms with van der Waals surface area (Å²) in [6, 6.07) is 9.18. The van der Waals surface area contributed by atoms with Crippen LogP contribution in [-0.2, 0) is 21.1 Å². The van der Waals surface area contributed by atoms with Gasteiger partial charge in [-0.15, -0.1) is 0 Å². The molecular formula is C17H19N3O4S. The largest absolute Gasteiger partial charge is 0.376 e. The molecule has 1 amide bonds.